The van der Waals surface area contributed by atoms with Crippen LogP contribution in [0.15, 0.2) is 0 Å². The van der Waals surface area contributed by atoms with E-state index in [0.717, 1.165) is 0 Å². The number of carbonyl (C=O) groups excluding carboxylic acids is 2. The van der Waals surface area contributed by atoms with E-state index in [1.165, 1.54) is 0 Å². The molecule has 0 aliphatic rings. The number of carboxylic acids is 2. The first-order valence-corrected chi connectivity index (χ1v) is 6.62. The van der Waals surface area contributed by atoms with Crippen LogP contribution in [0.3, 0.4) is 0 Å². The monoisotopic (exact) mass is 338 g/mol. The molecule has 9 heteroatoms. The smallest absolute Gasteiger partial charge is 0.547 e. The Bertz CT molecular complexity index is 218. The van der Waals surface area contributed by atoms with Crippen LogP contribution in [-0.2, 0) is 9.59 Å². The zero-order valence-corrected chi connectivity index (χ0v) is 14.5. The van der Waals surface area contributed by atoms with Crippen LogP contribution in [0.2, 0.25) is 0 Å². The van der Waals surface area contributed by atoms with Gasteiger partial charge in [0.15, 0.2) is 0 Å². The molecule has 0 saturated carbocycles. The fraction of sp³-hybridized carbons (Fsp3) is 0.800. The summed E-state index contributed by atoms with van der Waals surface area (Å²) in [6.45, 7) is 0. The predicted molar refractivity (Wildman–Crippen MR) is 74.0 cm³/mol. The van der Waals surface area contributed by atoms with Gasteiger partial charge in [-0.15, -0.1) is 0 Å². The molecule has 0 aromatic heterocycles. The third-order valence-electron chi connectivity index (χ3n) is 1.82. The van der Waals surface area contributed by atoms with Crippen LogP contribution in [0.25, 0.3) is 0 Å². The minimum atomic E-state index is -1.41. The molecule has 19 heavy (non-hydrogen) atoms. The van der Waals surface area contributed by atoms with Crippen molar-refractivity contribution in [2.24, 2.45) is 0 Å². The van der Waals surface area contributed by atoms with Gasteiger partial charge >= 0.3 is 37.7 Å². The first-order valence-electron chi connectivity index (χ1n) is 5.36. The first kappa shape index (κ1) is 24.8. The normalized spacial score (nSPS) is 12.4. The molecule has 6 nitrogen and oxygen atoms in total. The van der Waals surface area contributed by atoms with Crippen molar-refractivity contribution in [3.63, 3.8) is 0 Å². The minimum absolute atomic E-state index is 0. The summed E-state index contributed by atoms with van der Waals surface area (Å²) in [5.74, 6) is -1.64. The second-order valence-electron chi connectivity index (χ2n) is 3.40. The molecule has 0 aliphatic carbocycles. The average Bonchev–Trinajstić information content (AvgIpc) is 2.33. The Morgan fingerprint density at radius 3 is 1.32 bits per heavy atom. The van der Waals surface area contributed by atoms with Gasteiger partial charge in [-0.25, -0.2) is 0 Å². The van der Waals surface area contributed by atoms with E-state index in [1.54, 1.807) is 0 Å². The molecule has 0 aromatic rings. The van der Waals surface area contributed by atoms with E-state index in [1.807, 2.05) is 0 Å². The van der Waals surface area contributed by atoms with E-state index < -0.39 is 24.1 Å². The number of hydrogen-bond donors (Lipinski definition) is 4. The van der Waals surface area contributed by atoms with Crippen molar-refractivity contribution in [2.75, 3.05) is 11.5 Å². The number of hydrogen-bond acceptors (Lipinski definition) is 8. The SMILES string of the molecule is O=C([O-])C(O)CCCS.O=C([O-])C(O)CCCS.[Ca+2]. The van der Waals surface area contributed by atoms with Crippen molar-refractivity contribution in [1.29, 1.82) is 0 Å². The van der Waals surface area contributed by atoms with E-state index in [-0.39, 0.29) is 50.6 Å². The van der Waals surface area contributed by atoms with Crippen molar-refractivity contribution in [3.8, 4) is 0 Å². The molecule has 0 radical (unpaired) electrons. The Morgan fingerprint density at radius 1 is 0.895 bits per heavy atom. The van der Waals surface area contributed by atoms with Crippen molar-refractivity contribution >= 4 is 74.9 Å². The van der Waals surface area contributed by atoms with Crippen LogP contribution >= 0.6 is 25.3 Å². The molecule has 0 fully saturated rings. The zero-order chi connectivity index (χ0) is 14.6. The van der Waals surface area contributed by atoms with Gasteiger partial charge in [0, 0.05) is 0 Å². The minimum Gasteiger partial charge on any atom is -0.547 e. The van der Waals surface area contributed by atoms with Crippen molar-refractivity contribution in [2.45, 2.75) is 37.9 Å². The van der Waals surface area contributed by atoms with Gasteiger partial charge in [0.25, 0.3) is 0 Å². The van der Waals surface area contributed by atoms with Gasteiger partial charge in [0.2, 0.25) is 0 Å². The van der Waals surface area contributed by atoms with E-state index in [9.17, 15) is 19.8 Å². The molecular formula is C10H18CaO6S2. The summed E-state index contributed by atoms with van der Waals surface area (Å²) in [7, 11) is 0. The molecule has 0 spiro atoms. The zero-order valence-electron chi connectivity index (χ0n) is 10.5. The van der Waals surface area contributed by atoms with Crippen molar-refractivity contribution in [3.05, 3.63) is 0 Å². The number of carbonyl (C=O) groups is 2. The average molecular weight is 338 g/mol. The van der Waals surface area contributed by atoms with Gasteiger partial charge in [-0.1, -0.05) is 0 Å². The number of thiol groups is 2. The van der Waals surface area contributed by atoms with Gasteiger partial charge in [-0.3, -0.25) is 0 Å². The molecule has 0 bridgehead atoms. The fourth-order valence-electron chi connectivity index (χ4n) is 0.805. The third-order valence-corrected chi connectivity index (χ3v) is 2.45. The summed E-state index contributed by atoms with van der Waals surface area (Å²) in [5, 5.41) is 36.8. The predicted octanol–water partition coefficient (Wildman–Crippen LogP) is -2.77. The molecule has 0 amide bonds. The van der Waals surface area contributed by atoms with Gasteiger partial charge < -0.3 is 30.0 Å². The van der Waals surface area contributed by atoms with Crippen LogP contribution in [0.4, 0.5) is 0 Å². The standard InChI is InChI=1S/2C5H10O3S.Ca/c2*6-4(5(7)8)2-1-3-9;/h2*4,6,9H,1-3H2,(H,7,8);/q;;+2/p-2. The Balaban J connectivity index is -0.000000256. The van der Waals surface area contributed by atoms with E-state index in [0.29, 0.717) is 24.3 Å². The van der Waals surface area contributed by atoms with Gasteiger partial charge in [-0.05, 0) is 37.2 Å². The summed E-state index contributed by atoms with van der Waals surface area (Å²) in [6, 6.07) is 0. The van der Waals surface area contributed by atoms with Gasteiger partial charge in [0.1, 0.15) is 0 Å². The molecule has 2 N–H and O–H groups in total. The maximum absolute atomic E-state index is 9.82. The summed E-state index contributed by atoms with van der Waals surface area (Å²) >= 11 is 7.68. The number of aliphatic hydroxyl groups is 2. The summed E-state index contributed by atoms with van der Waals surface area (Å²) in [6.07, 6.45) is -0.997. The second-order valence-corrected chi connectivity index (χ2v) is 4.30. The van der Waals surface area contributed by atoms with Crippen LogP contribution in [0, 0.1) is 0 Å². The molecule has 0 saturated heterocycles. The molecule has 0 aromatic carbocycles. The molecule has 2 atom stereocenters. The van der Waals surface area contributed by atoms with Crippen molar-refractivity contribution in [1.82, 2.24) is 0 Å². The maximum atomic E-state index is 9.82. The largest absolute Gasteiger partial charge is 2.00 e. The Hall–Kier alpha value is 0.820. The summed E-state index contributed by atoms with van der Waals surface area (Å²) in [5.41, 5.74) is 0. The second kappa shape index (κ2) is 16.9. The number of rotatable bonds is 8. The van der Waals surface area contributed by atoms with E-state index in [2.05, 4.69) is 25.3 Å². The fourth-order valence-corrected chi connectivity index (χ4v) is 1.17. The molecule has 0 aliphatic heterocycles. The van der Waals surface area contributed by atoms with E-state index in [4.69, 9.17) is 10.2 Å². The molecule has 108 valence electrons. The molecular weight excluding hydrogens is 320 g/mol. The number of aliphatic hydroxyl groups excluding tert-OH is 2. The molecule has 0 rings (SSSR count). The van der Waals surface area contributed by atoms with Crippen LogP contribution < -0.4 is 10.2 Å². The summed E-state index contributed by atoms with van der Waals surface area (Å²) < 4.78 is 0. The van der Waals surface area contributed by atoms with Crippen LogP contribution in [0.1, 0.15) is 25.7 Å². The Kier molecular flexibility index (Phi) is 22.0. The third kappa shape index (κ3) is 18.8. The molecule has 2 unspecified atom stereocenters. The quantitative estimate of drug-likeness (QED) is 0.281. The first-order chi connectivity index (χ1) is 8.36. The molecule has 0 heterocycles. The summed E-state index contributed by atoms with van der Waals surface area (Å²) in [4.78, 5) is 19.6. The van der Waals surface area contributed by atoms with Gasteiger partial charge in [-0.2, -0.15) is 25.3 Å². The van der Waals surface area contributed by atoms with Gasteiger partial charge in [0.05, 0.1) is 24.1 Å². The number of aliphatic carboxylic acids is 2. The Morgan fingerprint density at radius 2 is 1.16 bits per heavy atom. The van der Waals surface area contributed by atoms with Crippen molar-refractivity contribution < 1.29 is 30.0 Å². The van der Waals surface area contributed by atoms with E-state index >= 15 is 0 Å². The Labute approximate surface area is 153 Å². The van der Waals surface area contributed by atoms with Crippen LogP contribution in [0.5, 0.6) is 0 Å². The topological polar surface area (TPSA) is 121 Å². The van der Waals surface area contributed by atoms with Crippen LogP contribution in [-0.4, -0.2) is 83.6 Å². The number of carboxylic acid groups (broad SMARTS) is 2. The maximum Gasteiger partial charge on any atom is 2.00 e.